The quantitative estimate of drug-likeness (QED) is 0.145. The van der Waals surface area contributed by atoms with Gasteiger partial charge in [0, 0.05) is 33.5 Å². The second kappa shape index (κ2) is 15.5. The normalized spacial score (nSPS) is 11.6. The van der Waals surface area contributed by atoms with Crippen molar-refractivity contribution in [1.82, 2.24) is 4.57 Å². The third-order valence-corrected chi connectivity index (χ3v) is 13.6. The minimum Gasteiger partial charge on any atom is -0.311 e. The zero-order valence-electron chi connectivity index (χ0n) is 36.1. The number of anilines is 3. The Kier molecular flexibility index (Phi) is 8.89. The summed E-state index contributed by atoms with van der Waals surface area (Å²) in [5.41, 5.74) is 14.1. The second-order valence-electron chi connectivity index (χ2n) is 17.3. The van der Waals surface area contributed by atoms with E-state index >= 15 is 0 Å². The van der Waals surface area contributed by atoms with Crippen molar-refractivity contribution in [3.63, 3.8) is 0 Å². The van der Waals surface area contributed by atoms with Crippen LogP contribution < -0.4 is 4.90 Å². The lowest BCUT2D eigenvalue weighted by atomic mass is 9.94. The smallest absolute Gasteiger partial charge is 0.0541 e. The Morgan fingerprint density at radius 2 is 0.682 bits per heavy atom. The summed E-state index contributed by atoms with van der Waals surface area (Å²) >= 11 is 0. The van der Waals surface area contributed by atoms with Crippen molar-refractivity contribution in [3.8, 4) is 39.1 Å². The molecule has 0 spiro atoms. The monoisotopic (exact) mass is 838 g/mol. The number of nitrogens with zero attached hydrogens (tertiary/aromatic N) is 2. The molecule has 1 heterocycles. The maximum atomic E-state index is 2.47. The Morgan fingerprint density at radius 1 is 0.242 bits per heavy atom. The average Bonchev–Trinajstić information content (AvgIpc) is 3.72. The Morgan fingerprint density at radius 3 is 1.32 bits per heavy atom. The highest BCUT2D eigenvalue weighted by atomic mass is 15.1. The number of para-hydroxylation sites is 1. The molecular formula is C64H42N2. The van der Waals surface area contributed by atoms with Crippen molar-refractivity contribution < 1.29 is 0 Å². The van der Waals surface area contributed by atoms with Crippen LogP contribution in [0.15, 0.2) is 255 Å². The molecule has 13 aromatic rings. The van der Waals surface area contributed by atoms with Crippen molar-refractivity contribution in [2.24, 2.45) is 0 Å². The van der Waals surface area contributed by atoms with Gasteiger partial charge in [-0.25, -0.2) is 0 Å². The van der Waals surface area contributed by atoms with E-state index < -0.39 is 0 Å². The van der Waals surface area contributed by atoms with Crippen LogP contribution in [0.5, 0.6) is 0 Å². The predicted octanol–water partition coefficient (Wildman–Crippen LogP) is 17.9. The van der Waals surface area contributed by atoms with E-state index in [1.54, 1.807) is 0 Å². The Labute approximate surface area is 383 Å². The molecule has 2 heteroatoms. The van der Waals surface area contributed by atoms with Crippen LogP contribution in [0.1, 0.15) is 0 Å². The van der Waals surface area contributed by atoms with E-state index in [-0.39, 0.29) is 0 Å². The molecule has 308 valence electrons. The molecule has 0 N–H and O–H groups in total. The van der Waals surface area contributed by atoms with Gasteiger partial charge < -0.3 is 9.47 Å². The van der Waals surface area contributed by atoms with E-state index in [1.165, 1.54) is 98.3 Å². The first kappa shape index (κ1) is 37.8. The highest BCUT2D eigenvalue weighted by Gasteiger charge is 2.18. The molecule has 0 atom stereocenters. The van der Waals surface area contributed by atoms with Gasteiger partial charge in [-0.2, -0.15) is 0 Å². The zero-order chi connectivity index (χ0) is 43.6. The lowest BCUT2D eigenvalue weighted by Crippen LogP contribution is -2.09. The standard InChI is InChI=1S/C64H42N2/c1-3-14-43(15-4-1)44-26-32-50(33-27-44)65(49-18-5-2-6-19-49)51-34-28-45(29-35-51)47-30-38-63-61(40-47)62-41-48(54-25-13-17-46-16-7-8-20-53(46)54)31-39-64(62)66(63)52-36-37-59-57-23-10-9-21-55(57)56-22-11-12-24-58(56)60(59)42-52/h1-42H. The van der Waals surface area contributed by atoms with Crippen LogP contribution >= 0.6 is 0 Å². The maximum absolute atomic E-state index is 2.47. The van der Waals surface area contributed by atoms with Gasteiger partial charge in [0.1, 0.15) is 0 Å². The molecule has 12 aromatic carbocycles. The van der Waals surface area contributed by atoms with Gasteiger partial charge in [0.15, 0.2) is 0 Å². The molecule has 0 radical (unpaired) electrons. The summed E-state index contributed by atoms with van der Waals surface area (Å²) in [6.45, 7) is 0. The zero-order valence-corrected chi connectivity index (χ0v) is 36.1. The van der Waals surface area contributed by atoms with Crippen LogP contribution in [0.25, 0.3) is 104 Å². The fourth-order valence-corrected chi connectivity index (χ4v) is 10.4. The Bertz CT molecular complexity index is 3920. The van der Waals surface area contributed by atoms with E-state index in [9.17, 15) is 0 Å². The summed E-state index contributed by atoms with van der Waals surface area (Å²) in [5, 5.41) is 12.6. The largest absolute Gasteiger partial charge is 0.311 e. The number of fused-ring (bicyclic) bond motifs is 10. The van der Waals surface area contributed by atoms with Crippen molar-refractivity contribution in [2.45, 2.75) is 0 Å². The molecule has 2 nitrogen and oxygen atoms in total. The molecule has 0 bridgehead atoms. The van der Waals surface area contributed by atoms with Gasteiger partial charge in [0.25, 0.3) is 0 Å². The summed E-state index contributed by atoms with van der Waals surface area (Å²) in [4.78, 5) is 2.33. The van der Waals surface area contributed by atoms with Crippen LogP contribution in [0.3, 0.4) is 0 Å². The topological polar surface area (TPSA) is 8.17 Å². The summed E-state index contributed by atoms with van der Waals surface area (Å²) in [5.74, 6) is 0. The fraction of sp³-hybridized carbons (Fsp3) is 0. The highest BCUT2D eigenvalue weighted by molar-refractivity contribution is 6.25. The Hall–Kier alpha value is -8.72. The number of aromatic nitrogens is 1. The number of benzene rings is 12. The third-order valence-electron chi connectivity index (χ3n) is 13.6. The fourth-order valence-electron chi connectivity index (χ4n) is 10.4. The third kappa shape index (κ3) is 6.26. The second-order valence-corrected chi connectivity index (χ2v) is 17.3. The lowest BCUT2D eigenvalue weighted by molar-refractivity contribution is 1.19. The molecule has 0 saturated carbocycles. The molecule has 66 heavy (non-hydrogen) atoms. The molecule has 1 aromatic heterocycles. The van der Waals surface area contributed by atoms with Crippen molar-refractivity contribution in [2.75, 3.05) is 4.90 Å². The average molecular weight is 839 g/mol. The molecule has 0 saturated heterocycles. The lowest BCUT2D eigenvalue weighted by Gasteiger charge is -2.26. The van der Waals surface area contributed by atoms with Crippen LogP contribution in [0, 0.1) is 0 Å². The molecule has 0 fully saturated rings. The molecule has 0 aliphatic rings. The first-order valence-corrected chi connectivity index (χ1v) is 22.7. The molecule has 13 rings (SSSR count). The van der Waals surface area contributed by atoms with E-state index in [0.717, 1.165) is 22.7 Å². The number of hydrogen-bond acceptors (Lipinski definition) is 1. The van der Waals surface area contributed by atoms with Gasteiger partial charge in [-0.15, -0.1) is 0 Å². The predicted molar refractivity (Wildman–Crippen MR) is 282 cm³/mol. The van der Waals surface area contributed by atoms with Crippen molar-refractivity contribution in [3.05, 3.63) is 255 Å². The minimum atomic E-state index is 1.10. The Balaban J connectivity index is 0.964. The maximum Gasteiger partial charge on any atom is 0.0541 e. The van der Waals surface area contributed by atoms with Gasteiger partial charge in [-0.05, 0) is 149 Å². The highest BCUT2D eigenvalue weighted by Crippen LogP contribution is 2.42. The summed E-state index contributed by atoms with van der Waals surface area (Å²) < 4.78 is 2.47. The summed E-state index contributed by atoms with van der Waals surface area (Å²) in [6.07, 6.45) is 0. The summed E-state index contributed by atoms with van der Waals surface area (Å²) in [7, 11) is 0. The first-order valence-electron chi connectivity index (χ1n) is 22.7. The van der Waals surface area contributed by atoms with Crippen molar-refractivity contribution in [1.29, 1.82) is 0 Å². The van der Waals surface area contributed by atoms with Crippen molar-refractivity contribution >= 4 is 82.0 Å². The molecule has 0 unspecified atom stereocenters. The van der Waals surface area contributed by atoms with Gasteiger partial charge >= 0.3 is 0 Å². The SMILES string of the molecule is c1ccc(-c2ccc(N(c3ccccc3)c3ccc(-c4ccc5c(c4)c4cc(-c6cccc7ccccc67)ccc4n5-c4ccc5c6ccccc6c6ccccc6c5c4)cc3)cc2)cc1. The number of hydrogen-bond donors (Lipinski definition) is 0. The van der Waals surface area contributed by atoms with Gasteiger partial charge in [0.05, 0.1) is 11.0 Å². The van der Waals surface area contributed by atoms with Crippen LogP contribution in [0.4, 0.5) is 17.1 Å². The van der Waals surface area contributed by atoms with Crippen LogP contribution in [-0.4, -0.2) is 4.57 Å². The summed E-state index contributed by atoms with van der Waals surface area (Å²) in [6, 6.07) is 93.2. The molecule has 0 aliphatic carbocycles. The minimum absolute atomic E-state index is 1.10. The van der Waals surface area contributed by atoms with E-state index in [0.29, 0.717) is 0 Å². The van der Waals surface area contributed by atoms with Gasteiger partial charge in [0.2, 0.25) is 0 Å². The van der Waals surface area contributed by atoms with Crippen LogP contribution in [-0.2, 0) is 0 Å². The van der Waals surface area contributed by atoms with E-state index in [2.05, 4.69) is 264 Å². The van der Waals surface area contributed by atoms with Crippen LogP contribution in [0.2, 0.25) is 0 Å². The number of rotatable bonds is 7. The van der Waals surface area contributed by atoms with Gasteiger partial charge in [-0.3, -0.25) is 0 Å². The van der Waals surface area contributed by atoms with E-state index in [4.69, 9.17) is 0 Å². The van der Waals surface area contributed by atoms with Gasteiger partial charge in [-0.1, -0.05) is 182 Å². The molecule has 0 aliphatic heterocycles. The van der Waals surface area contributed by atoms with E-state index in [1.807, 2.05) is 0 Å². The molecular weight excluding hydrogens is 797 g/mol. The molecule has 0 amide bonds. The first-order chi connectivity index (χ1) is 32.7.